The monoisotopic (exact) mass is 340 g/mol. The van der Waals surface area contributed by atoms with Crippen molar-refractivity contribution in [3.05, 3.63) is 23.2 Å². The van der Waals surface area contributed by atoms with Crippen LogP contribution in [0.4, 0.5) is 4.79 Å². The summed E-state index contributed by atoms with van der Waals surface area (Å²) in [4.78, 5) is 33.6. The summed E-state index contributed by atoms with van der Waals surface area (Å²) < 4.78 is 5.23. The Kier molecular flexibility index (Phi) is 5.41. The normalized spacial score (nSPS) is 16.1. The van der Waals surface area contributed by atoms with Gasteiger partial charge in [-0.25, -0.2) is 9.78 Å². The summed E-state index contributed by atoms with van der Waals surface area (Å²) in [5.74, 6) is -0.198. The first kappa shape index (κ1) is 17.5. The highest BCUT2D eigenvalue weighted by atomic mass is 35.5. The maximum atomic E-state index is 12.3. The molecule has 8 heteroatoms. The third-order valence-electron chi connectivity index (χ3n) is 3.33. The lowest BCUT2D eigenvalue weighted by atomic mass is 10.0. The molecule has 2 rings (SSSR count). The van der Waals surface area contributed by atoms with E-state index in [2.05, 4.69) is 15.3 Å². The molecule has 23 heavy (non-hydrogen) atoms. The molecule has 1 aliphatic heterocycles. The fourth-order valence-electron chi connectivity index (χ4n) is 2.31. The van der Waals surface area contributed by atoms with Crippen LogP contribution in [0, 0.1) is 0 Å². The second-order valence-electron chi connectivity index (χ2n) is 6.44. The third-order valence-corrected chi connectivity index (χ3v) is 3.51. The Morgan fingerprint density at radius 3 is 2.52 bits per heavy atom. The summed E-state index contributed by atoms with van der Waals surface area (Å²) >= 11 is 5.76. The van der Waals surface area contributed by atoms with Crippen molar-refractivity contribution in [1.82, 2.24) is 20.2 Å². The number of carbonyl (C=O) groups excluding carboxylic acids is 2. The molecular formula is C15H21ClN4O3. The Balaban J connectivity index is 1.84. The van der Waals surface area contributed by atoms with Crippen LogP contribution in [-0.2, 0) is 4.74 Å². The number of nitrogens with one attached hydrogen (secondary N) is 1. The van der Waals surface area contributed by atoms with Crippen molar-refractivity contribution in [3.8, 4) is 0 Å². The number of rotatable bonds is 2. The Hall–Kier alpha value is -1.89. The zero-order valence-corrected chi connectivity index (χ0v) is 14.3. The number of halogens is 1. The van der Waals surface area contributed by atoms with Gasteiger partial charge >= 0.3 is 6.09 Å². The van der Waals surface area contributed by atoms with Gasteiger partial charge in [0, 0.05) is 19.1 Å². The van der Waals surface area contributed by atoms with Gasteiger partial charge in [0.25, 0.3) is 5.91 Å². The molecule has 7 nitrogen and oxygen atoms in total. The summed E-state index contributed by atoms with van der Waals surface area (Å²) in [6.45, 7) is 6.53. The molecule has 1 fully saturated rings. The first-order valence-corrected chi connectivity index (χ1v) is 7.89. The second-order valence-corrected chi connectivity index (χ2v) is 6.83. The van der Waals surface area contributed by atoms with Crippen LogP contribution in [0.3, 0.4) is 0 Å². The molecule has 0 unspecified atom stereocenters. The average Bonchev–Trinajstić information content (AvgIpc) is 2.45. The largest absolute Gasteiger partial charge is 0.444 e. The summed E-state index contributed by atoms with van der Waals surface area (Å²) in [6.07, 6.45) is 3.69. The minimum absolute atomic E-state index is 0.000606. The second kappa shape index (κ2) is 7.12. The van der Waals surface area contributed by atoms with Crippen molar-refractivity contribution in [2.24, 2.45) is 0 Å². The summed E-state index contributed by atoms with van der Waals surface area (Å²) in [5, 5.41) is 3.03. The molecule has 2 heterocycles. The van der Waals surface area contributed by atoms with Crippen LogP contribution < -0.4 is 5.32 Å². The van der Waals surface area contributed by atoms with E-state index in [1.165, 1.54) is 12.4 Å². The van der Waals surface area contributed by atoms with Crippen molar-refractivity contribution < 1.29 is 14.3 Å². The van der Waals surface area contributed by atoms with E-state index in [1.54, 1.807) is 4.90 Å². The molecule has 0 atom stereocenters. The van der Waals surface area contributed by atoms with Crippen molar-refractivity contribution in [2.75, 3.05) is 13.1 Å². The quantitative estimate of drug-likeness (QED) is 0.892. The van der Waals surface area contributed by atoms with E-state index in [0.29, 0.717) is 25.9 Å². The Bertz CT molecular complexity index is 580. The number of amides is 2. The Morgan fingerprint density at radius 2 is 1.96 bits per heavy atom. The summed E-state index contributed by atoms with van der Waals surface area (Å²) in [6, 6.07) is -0.000606. The molecule has 0 radical (unpaired) electrons. The zero-order chi connectivity index (χ0) is 17.0. The molecule has 0 bridgehead atoms. The molecule has 1 aromatic heterocycles. The molecule has 1 saturated heterocycles. The number of aromatic nitrogens is 2. The van der Waals surface area contributed by atoms with Crippen LogP contribution in [0.25, 0.3) is 0 Å². The number of hydrogen-bond acceptors (Lipinski definition) is 5. The molecular weight excluding hydrogens is 320 g/mol. The fraction of sp³-hybridized carbons (Fsp3) is 0.600. The maximum Gasteiger partial charge on any atom is 0.407 e. The highest BCUT2D eigenvalue weighted by Gasteiger charge is 2.27. The molecule has 1 aromatic rings. The predicted molar refractivity (Wildman–Crippen MR) is 85.3 cm³/mol. The van der Waals surface area contributed by atoms with Crippen molar-refractivity contribution in [3.63, 3.8) is 0 Å². The number of nitrogens with zero attached hydrogens (tertiary/aromatic N) is 3. The number of piperidine rings is 1. The molecule has 0 saturated carbocycles. The van der Waals surface area contributed by atoms with Crippen molar-refractivity contribution >= 4 is 23.6 Å². The smallest absolute Gasteiger partial charge is 0.407 e. The lowest BCUT2D eigenvalue weighted by Crippen LogP contribution is -2.47. The van der Waals surface area contributed by atoms with Gasteiger partial charge in [-0.3, -0.25) is 9.78 Å². The van der Waals surface area contributed by atoms with E-state index < -0.39 is 11.7 Å². The van der Waals surface area contributed by atoms with E-state index in [9.17, 15) is 9.59 Å². The van der Waals surface area contributed by atoms with Gasteiger partial charge in [0.2, 0.25) is 0 Å². The third kappa shape index (κ3) is 5.35. The molecule has 0 spiro atoms. The van der Waals surface area contributed by atoms with E-state index in [0.717, 1.165) is 0 Å². The molecule has 2 amide bonds. The van der Waals surface area contributed by atoms with Gasteiger partial charge in [-0.1, -0.05) is 11.6 Å². The SMILES string of the molecule is CC(C)(C)OC(=O)NC1CCN(C(=O)c2cncc(Cl)n2)CC1. The number of carbonyl (C=O) groups is 2. The first-order chi connectivity index (χ1) is 10.7. The number of hydrogen-bond donors (Lipinski definition) is 1. The molecule has 1 N–H and O–H groups in total. The molecule has 126 valence electrons. The van der Waals surface area contributed by atoms with Crippen LogP contribution in [0.1, 0.15) is 44.1 Å². The van der Waals surface area contributed by atoms with Gasteiger partial charge in [-0.15, -0.1) is 0 Å². The molecule has 0 aromatic carbocycles. The topological polar surface area (TPSA) is 84.4 Å². The molecule has 1 aliphatic rings. The van der Waals surface area contributed by atoms with E-state index in [1.807, 2.05) is 20.8 Å². The number of alkyl carbamates (subject to hydrolysis) is 1. The lowest BCUT2D eigenvalue weighted by Gasteiger charge is -2.32. The minimum atomic E-state index is -0.522. The van der Waals surface area contributed by atoms with Gasteiger partial charge in [-0.2, -0.15) is 0 Å². The van der Waals surface area contributed by atoms with Crippen LogP contribution in [0.15, 0.2) is 12.4 Å². The van der Waals surface area contributed by atoms with Gasteiger partial charge in [-0.05, 0) is 33.6 Å². The lowest BCUT2D eigenvalue weighted by molar-refractivity contribution is 0.0473. The van der Waals surface area contributed by atoms with E-state index in [4.69, 9.17) is 16.3 Å². The standard InChI is InChI=1S/C15H21ClN4O3/c1-15(2,3)23-14(22)18-10-4-6-20(7-5-10)13(21)11-8-17-9-12(16)19-11/h8-10H,4-7H2,1-3H3,(H,18,22). The van der Waals surface area contributed by atoms with Gasteiger partial charge in [0.15, 0.2) is 0 Å². The maximum absolute atomic E-state index is 12.3. The Labute approximate surface area is 140 Å². The van der Waals surface area contributed by atoms with Crippen LogP contribution in [-0.4, -0.2) is 51.6 Å². The minimum Gasteiger partial charge on any atom is -0.444 e. The zero-order valence-electron chi connectivity index (χ0n) is 13.5. The highest BCUT2D eigenvalue weighted by molar-refractivity contribution is 6.29. The van der Waals surface area contributed by atoms with Gasteiger partial charge in [0.05, 0.1) is 12.4 Å². The van der Waals surface area contributed by atoms with Crippen LogP contribution in [0.5, 0.6) is 0 Å². The fourth-order valence-corrected chi connectivity index (χ4v) is 2.46. The number of likely N-dealkylation sites (tertiary alicyclic amines) is 1. The highest BCUT2D eigenvalue weighted by Crippen LogP contribution is 2.15. The summed E-state index contributed by atoms with van der Waals surface area (Å²) in [5.41, 5.74) is -0.289. The van der Waals surface area contributed by atoms with E-state index >= 15 is 0 Å². The molecule has 0 aliphatic carbocycles. The van der Waals surface area contributed by atoms with Gasteiger partial charge < -0.3 is 15.0 Å². The van der Waals surface area contributed by atoms with Gasteiger partial charge in [0.1, 0.15) is 16.4 Å². The summed E-state index contributed by atoms with van der Waals surface area (Å²) in [7, 11) is 0. The van der Waals surface area contributed by atoms with Crippen molar-refractivity contribution in [2.45, 2.75) is 45.3 Å². The van der Waals surface area contributed by atoms with Crippen LogP contribution >= 0.6 is 11.6 Å². The predicted octanol–water partition coefficient (Wildman–Crippen LogP) is 2.26. The average molecular weight is 341 g/mol. The van der Waals surface area contributed by atoms with E-state index in [-0.39, 0.29) is 22.8 Å². The van der Waals surface area contributed by atoms with Crippen molar-refractivity contribution in [1.29, 1.82) is 0 Å². The van der Waals surface area contributed by atoms with Crippen LogP contribution in [0.2, 0.25) is 5.15 Å². The number of ether oxygens (including phenoxy) is 1. The Morgan fingerprint density at radius 1 is 1.30 bits per heavy atom. The first-order valence-electron chi connectivity index (χ1n) is 7.51.